The number of phenols is 1. The van der Waals surface area contributed by atoms with Gasteiger partial charge in [-0.15, -0.1) is 11.3 Å². The zero-order valence-corrected chi connectivity index (χ0v) is 13.5. The second-order valence-corrected chi connectivity index (χ2v) is 6.88. The highest BCUT2D eigenvalue weighted by Gasteiger charge is 2.30. The molecule has 1 aliphatic heterocycles. The highest BCUT2D eigenvalue weighted by atomic mass is 32.2. The molecule has 2 heterocycles. The summed E-state index contributed by atoms with van der Waals surface area (Å²) in [6.45, 7) is 0.613. The second kappa shape index (κ2) is 7.02. The normalized spacial score (nSPS) is 18.2. The minimum atomic E-state index is -0.0799. The van der Waals surface area contributed by atoms with Crippen LogP contribution in [0.25, 0.3) is 0 Å². The molecule has 2 aromatic rings. The maximum atomic E-state index is 12.5. The van der Waals surface area contributed by atoms with Crippen LogP contribution in [-0.2, 0) is 4.79 Å². The number of thioether (sulfide) groups is 1. The van der Waals surface area contributed by atoms with Gasteiger partial charge in [-0.25, -0.2) is 4.98 Å². The number of aromatic nitrogens is 1. The summed E-state index contributed by atoms with van der Waals surface area (Å²) >= 11 is 3.40. The van der Waals surface area contributed by atoms with Crippen molar-refractivity contribution in [1.82, 2.24) is 9.88 Å². The van der Waals surface area contributed by atoms with Crippen molar-refractivity contribution in [1.29, 1.82) is 0 Å². The number of thiazole rings is 1. The third kappa shape index (κ3) is 3.36. The molecule has 1 unspecified atom stereocenters. The van der Waals surface area contributed by atoms with Crippen LogP contribution in [-0.4, -0.2) is 45.6 Å². The smallest absolute Gasteiger partial charge is 0.261 e. The number of aromatic hydroxyl groups is 1. The number of ether oxygens (including phenoxy) is 1. The molecule has 7 heteroatoms. The van der Waals surface area contributed by atoms with Crippen LogP contribution in [0, 0.1) is 0 Å². The number of phenolic OH excluding ortho intramolecular Hbond substituents is 1. The van der Waals surface area contributed by atoms with Crippen LogP contribution >= 0.6 is 23.1 Å². The van der Waals surface area contributed by atoms with Gasteiger partial charge in [0.15, 0.2) is 18.1 Å². The van der Waals surface area contributed by atoms with Gasteiger partial charge in [-0.2, -0.15) is 11.8 Å². The largest absolute Gasteiger partial charge is 0.504 e. The van der Waals surface area contributed by atoms with E-state index >= 15 is 0 Å². The van der Waals surface area contributed by atoms with E-state index in [9.17, 15) is 9.90 Å². The Balaban J connectivity index is 1.66. The van der Waals surface area contributed by atoms with Crippen molar-refractivity contribution < 1.29 is 14.6 Å². The number of nitrogens with zero attached hydrogens (tertiary/aromatic N) is 2. The van der Waals surface area contributed by atoms with Gasteiger partial charge in [0, 0.05) is 29.6 Å². The van der Waals surface area contributed by atoms with Gasteiger partial charge in [-0.05, 0) is 12.1 Å². The quantitative estimate of drug-likeness (QED) is 0.930. The first-order chi connectivity index (χ1) is 10.8. The Labute approximate surface area is 136 Å². The molecule has 0 saturated carbocycles. The lowest BCUT2D eigenvalue weighted by Crippen LogP contribution is -2.43. The summed E-state index contributed by atoms with van der Waals surface area (Å²) in [5.41, 5.74) is 0. The Kier molecular flexibility index (Phi) is 4.84. The van der Waals surface area contributed by atoms with Crippen LogP contribution in [0.1, 0.15) is 11.0 Å². The first-order valence-electron chi connectivity index (χ1n) is 6.93. The molecule has 0 aliphatic carbocycles. The predicted octanol–water partition coefficient (Wildman–Crippen LogP) is 2.54. The summed E-state index contributed by atoms with van der Waals surface area (Å²) in [7, 11) is 0. The first-order valence-corrected chi connectivity index (χ1v) is 8.96. The molecule has 1 atom stereocenters. The molecule has 1 aromatic heterocycles. The topological polar surface area (TPSA) is 62.7 Å². The Morgan fingerprint density at radius 2 is 2.32 bits per heavy atom. The van der Waals surface area contributed by atoms with E-state index in [0.29, 0.717) is 12.3 Å². The van der Waals surface area contributed by atoms with Crippen LogP contribution in [0.15, 0.2) is 35.8 Å². The van der Waals surface area contributed by atoms with Crippen molar-refractivity contribution in [2.75, 3.05) is 24.7 Å². The Morgan fingerprint density at radius 1 is 1.45 bits per heavy atom. The maximum Gasteiger partial charge on any atom is 0.261 e. The molecule has 0 spiro atoms. The van der Waals surface area contributed by atoms with E-state index in [1.165, 1.54) is 6.07 Å². The predicted molar refractivity (Wildman–Crippen MR) is 87.5 cm³/mol. The SMILES string of the molecule is O=C(COc1ccccc1O)N1CCSCC1c1nccs1. The van der Waals surface area contributed by atoms with Crippen LogP contribution in [0.5, 0.6) is 11.5 Å². The van der Waals surface area contributed by atoms with Gasteiger partial charge in [0.2, 0.25) is 0 Å². The van der Waals surface area contributed by atoms with E-state index in [1.54, 1.807) is 35.7 Å². The van der Waals surface area contributed by atoms with Gasteiger partial charge in [-0.3, -0.25) is 4.79 Å². The van der Waals surface area contributed by atoms with Gasteiger partial charge in [-0.1, -0.05) is 12.1 Å². The summed E-state index contributed by atoms with van der Waals surface area (Å²) in [6, 6.07) is 6.67. The summed E-state index contributed by atoms with van der Waals surface area (Å²) in [5, 5.41) is 12.6. The lowest BCUT2D eigenvalue weighted by molar-refractivity contribution is -0.135. The van der Waals surface area contributed by atoms with Crippen LogP contribution < -0.4 is 4.74 Å². The fraction of sp³-hybridized carbons (Fsp3) is 0.333. The molecule has 1 N–H and O–H groups in total. The number of amides is 1. The number of hydrogen-bond donors (Lipinski definition) is 1. The van der Waals surface area contributed by atoms with Gasteiger partial charge in [0.05, 0.1) is 6.04 Å². The van der Waals surface area contributed by atoms with Crippen molar-refractivity contribution in [3.8, 4) is 11.5 Å². The molecular formula is C15H16N2O3S2. The number of rotatable bonds is 4. The molecule has 1 amide bonds. The number of carbonyl (C=O) groups excluding carboxylic acids is 1. The van der Waals surface area contributed by atoms with Gasteiger partial charge in [0.1, 0.15) is 5.01 Å². The molecule has 1 saturated heterocycles. The Bertz CT molecular complexity index is 633. The molecular weight excluding hydrogens is 320 g/mol. The van der Waals surface area contributed by atoms with Crippen LogP contribution in [0.2, 0.25) is 0 Å². The van der Waals surface area contributed by atoms with Crippen molar-refractivity contribution in [2.45, 2.75) is 6.04 Å². The van der Waals surface area contributed by atoms with Crippen molar-refractivity contribution in [3.05, 3.63) is 40.8 Å². The van der Waals surface area contributed by atoms with Crippen LogP contribution in [0.4, 0.5) is 0 Å². The molecule has 1 fully saturated rings. The minimum absolute atomic E-state index is 0.0132. The molecule has 22 heavy (non-hydrogen) atoms. The molecule has 1 aliphatic rings. The zero-order valence-electron chi connectivity index (χ0n) is 11.8. The molecule has 0 radical (unpaired) electrons. The average Bonchev–Trinajstić information content (AvgIpc) is 3.08. The molecule has 1 aromatic carbocycles. The highest BCUT2D eigenvalue weighted by molar-refractivity contribution is 7.99. The summed E-state index contributed by atoms with van der Waals surface area (Å²) in [4.78, 5) is 18.6. The number of para-hydroxylation sites is 2. The van der Waals surface area contributed by atoms with Crippen molar-refractivity contribution in [2.24, 2.45) is 0 Å². The molecule has 116 valence electrons. The Morgan fingerprint density at radius 3 is 3.09 bits per heavy atom. The van der Waals surface area contributed by atoms with Gasteiger partial charge < -0.3 is 14.7 Å². The number of benzene rings is 1. The number of hydrogen-bond acceptors (Lipinski definition) is 6. The van der Waals surface area contributed by atoms with Gasteiger partial charge >= 0.3 is 0 Å². The second-order valence-electron chi connectivity index (χ2n) is 4.80. The van der Waals surface area contributed by atoms with Crippen molar-refractivity contribution in [3.63, 3.8) is 0 Å². The fourth-order valence-electron chi connectivity index (χ4n) is 2.31. The summed E-state index contributed by atoms with van der Waals surface area (Å²) in [5.74, 6) is 2.07. The fourth-order valence-corrected chi connectivity index (χ4v) is 4.22. The van der Waals surface area contributed by atoms with Gasteiger partial charge in [0.25, 0.3) is 5.91 Å². The lowest BCUT2D eigenvalue weighted by Gasteiger charge is -2.34. The first kappa shape index (κ1) is 15.2. The lowest BCUT2D eigenvalue weighted by atomic mass is 10.2. The van der Waals surface area contributed by atoms with E-state index < -0.39 is 0 Å². The molecule has 0 bridgehead atoms. The third-order valence-electron chi connectivity index (χ3n) is 3.40. The summed E-state index contributed by atoms with van der Waals surface area (Å²) in [6.07, 6.45) is 1.76. The summed E-state index contributed by atoms with van der Waals surface area (Å²) < 4.78 is 5.45. The van der Waals surface area contributed by atoms with Crippen LogP contribution in [0.3, 0.4) is 0 Å². The standard InChI is InChI=1S/C15H16N2O3S2/c18-12-3-1-2-4-13(12)20-9-14(19)17-6-8-21-10-11(17)15-16-5-7-22-15/h1-5,7,11,18H,6,8-10H2. The Hall–Kier alpha value is -1.73. The van der Waals surface area contributed by atoms with E-state index in [0.717, 1.165) is 16.5 Å². The minimum Gasteiger partial charge on any atom is -0.504 e. The monoisotopic (exact) mass is 336 g/mol. The maximum absolute atomic E-state index is 12.5. The third-order valence-corrected chi connectivity index (χ3v) is 5.30. The average molecular weight is 336 g/mol. The zero-order chi connectivity index (χ0) is 15.4. The highest BCUT2D eigenvalue weighted by Crippen LogP contribution is 2.31. The van der Waals surface area contributed by atoms with E-state index in [2.05, 4.69) is 4.98 Å². The molecule has 3 rings (SSSR count). The van der Waals surface area contributed by atoms with E-state index in [-0.39, 0.29) is 24.3 Å². The number of carbonyl (C=O) groups is 1. The van der Waals surface area contributed by atoms with E-state index in [4.69, 9.17) is 4.74 Å². The molecule has 5 nitrogen and oxygen atoms in total. The van der Waals surface area contributed by atoms with Crippen molar-refractivity contribution >= 4 is 29.0 Å². The van der Waals surface area contributed by atoms with E-state index in [1.807, 2.05) is 22.0 Å².